The van der Waals surface area contributed by atoms with Crippen molar-refractivity contribution in [3.63, 3.8) is 0 Å². The minimum absolute atomic E-state index is 0.186. The summed E-state index contributed by atoms with van der Waals surface area (Å²) in [6, 6.07) is 4.98. The van der Waals surface area contributed by atoms with Gasteiger partial charge in [0.2, 0.25) is 5.09 Å². The molecule has 7 nitrogen and oxygen atoms in total. The van der Waals surface area contributed by atoms with Crippen molar-refractivity contribution in [1.82, 2.24) is 4.31 Å². The molecule has 1 fully saturated rings. The van der Waals surface area contributed by atoms with Crippen LogP contribution in [-0.2, 0) is 14.8 Å². The quantitative estimate of drug-likeness (QED) is 0.885. The second-order valence-electron chi connectivity index (χ2n) is 5.21. The van der Waals surface area contributed by atoms with Crippen molar-refractivity contribution in [3.05, 3.63) is 47.7 Å². The van der Waals surface area contributed by atoms with Crippen LogP contribution in [0, 0.1) is 11.6 Å². The number of morpholine rings is 1. The summed E-state index contributed by atoms with van der Waals surface area (Å²) in [7, 11) is -3.88. The molecule has 0 spiro atoms. The number of nitrogens with one attached hydrogen (secondary N) is 1. The summed E-state index contributed by atoms with van der Waals surface area (Å²) in [5.41, 5.74) is -0.250. The van der Waals surface area contributed by atoms with Crippen LogP contribution >= 0.6 is 0 Å². The number of ether oxygens (including phenoxy) is 1. The largest absolute Gasteiger partial charge is 0.438 e. The monoisotopic (exact) mass is 372 g/mol. The number of hydrogen-bond acceptors (Lipinski definition) is 5. The van der Waals surface area contributed by atoms with Gasteiger partial charge in [-0.15, -0.1) is 0 Å². The van der Waals surface area contributed by atoms with Gasteiger partial charge in [-0.2, -0.15) is 4.31 Å². The van der Waals surface area contributed by atoms with Crippen molar-refractivity contribution < 1.29 is 31.1 Å². The Morgan fingerprint density at radius 2 is 1.84 bits per heavy atom. The van der Waals surface area contributed by atoms with E-state index < -0.39 is 27.6 Å². The van der Waals surface area contributed by atoms with Gasteiger partial charge in [0.25, 0.3) is 15.9 Å². The van der Waals surface area contributed by atoms with E-state index in [1.807, 2.05) is 0 Å². The number of nitrogens with zero attached hydrogens (tertiary/aromatic N) is 1. The second-order valence-corrected chi connectivity index (χ2v) is 7.08. The van der Waals surface area contributed by atoms with E-state index in [-0.39, 0.29) is 42.8 Å². The van der Waals surface area contributed by atoms with E-state index >= 15 is 0 Å². The number of rotatable bonds is 4. The van der Waals surface area contributed by atoms with Crippen molar-refractivity contribution in [2.24, 2.45) is 0 Å². The van der Waals surface area contributed by atoms with E-state index in [2.05, 4.69) is 5.32 Å². The van der Waals surface area contributed by atoms with Gasteiger partial charge in [0.15, 0.2) is 5.76 Å². The third kappa shape index (κ3) is 3.70. The molecule has 1 aromatic carbocycles. The Kier molecular flexibility index (Phi) is 4.84. The zero-order valence-electron chi connectivity index (χ0n) is 12.9. The molecule has 10 heteroatoms. The van der Waals surface area contributed by atoms with Crippen LogP contribution in [0.2, 0.25) is 0 Å². The summed E-state index contributed by atoms with van der Waals surface area (Å²) >= 11 is 0. The van der Waals surface area contributed by atoms with E-state index in [9.17, 15) is 22.0 Å². The molecule has 134 valence electrons. The van der Waals surface area contributed by atoms with Crippen LogP contribution in [0.15, 0.2) is 39.8 Å². The Balaban J connectivity index is 1.77. The highest BCUT2D eigenvalue weighted by atomic mass is 32.2. The summed E-state index contributed by atoms with van der Waals surface area (Å²) in [5, 5.41) is 1.81. The lowest BCUT2D eigenvalue weighted by Gasteiger charge is -2.24. The highest BCUT2D eigenvalue weighted by Gasteiger charge is 2.30. The average Bonchev–Trinajstić information content (AvgIpc) is 3.09. The molecule has 0 bridgehead atoms. The Morgan fingerprint density at radius 3 is 2.52 bits per heavy atom. The predicted octanol–water partition coefficient (Wildman–Crippen LogP) is 1.83. The molecule has 1 aromatic heterocycles. The molecule has 1 N–H and O–H groups in total. The Bertz CT molecular complexity index is 891. The molecule has 2 aromatic rings. The van der Waals surface area contributed by atoms with Crippen molar-refractivity contribution in [3.8, 4) is 0 Å². The van der Waals surface area contributed by atoms with Crippen LogP contribution in [0.3, 0.4) is 0 Å². The number of carbonyl (C=O) groups excluding carboxylic acids is 1. The number of amides is 1. The van der Waals surface area contributed by atoms with Crippen LogP contribution in [0.25, 0.3) is 0 Å². The summed E-state index contributed by atoms with van der Waals surface area (Å²) in [5.74, 6) is -2.90. The number of carbonyl (C=O) groups is 1. The minimum atomic E-state index is -3.88. The van der Waals surface area contributed by atoms with E-state index in [4.69, 9.17) is 9.15 Å². The number of hydrogen-bond donors (Lipinski definition) is 1. The normalized spacial score (nSPS) is 15.9. The van der Waals surface area contributed by atoms with Gasteiger partial charge in [0, 0.05) is 19.2 Å². The van der Waals surface area contributed by atoms with Crippen molar-refractivity contribution in [1.29, 1.82) is 0 Å². The van der Waals surface area contributed by atoms with E-state index in [1.165, 1.54) is 10.4 Å². The molecule has 0 aliphatic carbocycles. The first-order chi connectivity index (χ1) is 11.9. The maximum atomic E-state index is 13.6. The van der Waals surface area contributed by atoms with Gasteiger partial charge in [-0.05, 0) is 24.3 Å². The molecule has 0 saturated carbocycles. The van der Waals surface area contributed by atoms with Gasteiger partial charge in [0.05, 0.1) is 18.9 Å². The summed E-state index contributed by atoms with van der Waals surface area (Å²) in [4.78, 5) is 12.1. The van der Waals surface area contributed by atoms with E-state index in [0.29, 0.717) is 6.07 Å². The van der Waals surface area contributed by atoms with Crippen molar-refractivity contribution in [2.75, 3.05) is 31.6 Å². The van der Waals surface area contributed by atoms with E-state index in [0.717, 1.165) is 18.2 Å². The van der Waals surface area contributed by atoms with Gasteiger partial charge in [-0.1, -0.05) is 0 Å². The lowest BCUT2D eigenvalue weighted by molar-refractivity contribution is 0.0723. The smallest absolute Gasteiger partial charge is 0.291 e. The Morgan fingerprint density at radius 1 is 1.12 bits per heavy atom. The average molecular weight is 372 g/mol. The summed E-state index contributed by atoms with van der Waals surface area (Å²) in [6.45, 7) is 0.922. The zero-order valence-corrected chi connectivity index (χ0v) is 13.7. The highest BCUT2D eigenvalue weighted by Crippen LogP contribution is 2.21. The first kappa shape index (κ1) is 17.5. The Labute approximate surface area is 142 Å². The number of sulfonamides is 1. The first-order valence-corrected chi connectivity index (χ1v) is 8.76. The van der Waals surface area contributed by atoms with Crippen LogP contribution in [0.4, 0.5) is 14.5 Å². The fourth-order valence-corrected chi connectivity index (χ4v) is 3.59. The number of benzene rings is 1. The maximum Gasteiger partial charge on any atom is 0.291 e. The first-order valence-electron chi connectivity index (χ1n) is 7.32. The van der Waals surface area contributed by atoms with E-state index in [1.54, 1.807) is 0 Å². The lowest BCUT2D eigenvalue weighted by Crippen LogP contribution is -2.40. The molecule has 2 heterocycles. The number of anilines is 1. The fraction of sp³-hybridized carbons (Fsp3) is 0.267. The van der Waals surface area contributed by atoms with Crippen LogP contribution in [0.5, 0.6) is 0 Å². The topological polar surface area (TPSA) is 88.9 Å². The summed E-state index contributed by atoms with van der Waals surface area (Å²) < 4.78 is 62.7. The van der Waals surface area contributed by atoms with Gasteiger partial charge in [-0.3, -0.25) is 4.79 Å². The van der Waals surface area contributed by atoms with Gasteiger partial charge in [-0.25, -0.2) is 17.2 Å². The molecule has 1 amide bonds. The van der Waals surface area contributed by atoms with Crippen LogP contribution < -0.4 is 5.32 Å². The second kappa shape index (κ2) is 6.90. The number of halogens is 2. The third-order valence-corrected chi connectivity index (χ3v) is 5.32. The molecule has 0 atom stereocenters. The summed E-state index contributed by atoms with van der Waals surface area (Å²) in [6.07, 6.45) is 0. The lowest BCUT2D eigenvalue weighted by atomic mass is 10.3. The molecular formula is C15H14F2N2O5S. The molecule has 25 heavy (non-hydrogen) atoms. The van der Waals surface area contributed by atoms with Gasteiger partial charge in [0.1, 0.15) is 11.6 Å². The SMILES string of the molecule is O=C(Nc1ccc(F)cc1F)c1ccc(S(=O)(=O)N2CCOCC2)o1. The van der Waals surface area contributed by atoms with Gasteiger partial charge >= 0.3 is 0 Å². The van der Waals surface area contributed by atoms with Crippen LogP contribution in [-0.4, -0.2) is 44.9 Å². The molecule has 0 radical (unpaired) electrons. The predicted molar refractivity (Wildman–Crippen MR) is 82.6 cm³/mol. The number of furan rings is 1. The molecule has 0 unspecified atom stereocenters. The van der Waals surface area contributed by atoms with Crippen molar-refractivity contribution >= 4 is 21.6 Å². The van der Waals surface area contributed by atoms with Crippen LogP contribution in [0.1, 0.15) is 10.6 Å². The molecule has 1 aliphatic heterocycles. The standard InChI is InChI=1S/C15H14F2N2O5S/c16-10-1-2-12(11(17)9-10)18-15(20)13-3-4-14(24-13)25(21,22)19-5-7-23-8-6-19/h1-4,9H,5-8H2,(H,18,20). The zero-order chi connectivity index (χ0) is 18.0. The Hall–Kier alpha value is -2.30. The van der Waals surface area contributed by atoms with Gasteiger partial charge < -0.3 is 14.5 Å². The molecular weight excluding hydrogens is 358 g/mol. The van der Waals surface area contributed by atoms with Crippen molar-refractivity contribution in [2.45, 2.75) is 5.09 Å². The third-order valence-electron chi connectivity index (χ3n) is 3.55. The molecule has 1 aliphatic rings. The minimum Gasteiger partial charge on any atom is -0.438 e. The maximum absolute atomic E-state index is 13.6. The fourth-order valence-electron chi connectivity index (χ4n) is 2.27. The molecule has 1 saturated heterocycles. The molecule has 3 rings (SSSR count). The highest BCUT2D eigenvalue weighted by molar-refractivity contribution is 7.89.